The summed E-state index contributed by atoms with van der Waals surface area (Å²) < 4.78 is 54.4. The molecule has 2 unspecified atom stereocenters. The van der Waals surface area contributed by atoms with Crippen molar-refractivity contribution in [2.24, 2.45) is 0 Å². The van der Waals surface area contributed by atoms with E-state index in [4.69, 9.17) is 0 Å². The number of hydrogen-bond acceptors (Lipinski definition) is 6. The Morgan fingerprint density at radius 1 is 0.875 bits per heavy atom. The fourth-order valence-corrected chi connectivity index (χ4v) is 6.40. The second-order valence-corrected chi connectivity index (χ2v) is 13.1. The van der Waals surface area contributed by atoms with Crippen molar-refractivity contribution >= 4 is 21.8 Å². The van der Waals surface area contributed by atoms with Gasteiger partial charge in [0, 0.05) is 48.9 Å². The molecular formula is C36H44F2N4O5S. The fourth-order valence-electron chi connectivity index (χ4n) is 5.27. The number of rotatable bonds is 17. The van der Waals surface area contributed by atoms with E-state index >= 15 is 0 Å². The first-order chi connectivity index (χ1) is 22.9. The van der Waals surface area contributed by atoms with E-state index in [1.54, 1.807) is 36.1 Å². The van der Waals surface area contributed by atoms with Gasteiger partial charge in [0.25, 0.3) is 21.8 Å². The molecule has 12 heteroatoms. The molecule has 48 heavy (non-hydrogen) atoms. The summed E-state index contributed by atoms with van der Waals surface area (Å²) in [7, 11) is -4.00. The summed E-state index contributed by atoms with van der Waals surface area (Å²) in [6, 6.07) is 14.1. The molecule has 0 aromatic heterocycles. The molecule has 0 aliphatic carbocycles. The average Bonchev–Trinajstić information content (AvgIpc) is 3.04. The Labute approximate surface area is 282 Å². The normalized spacial score (nSPS) is 12.6. The number of nitrogens with zero attached hydrogens (tertiary/aromatic N) is 2. The third-order valence-electron chi connectivity index (χ3n) is 7.35. The highest BCUT2D eigenvalue weighted by Gasteiger charge is 2.28. The van der Waals surface area contributed by atoms with Gasteiger partial charge in [-0.1, -0.05) is 44.9 Å². The second kappa shape index (κ2) is 18.4. The number of aliphatic hydroxyl groups excluding tert-OH is 1. The monoisotopic (exact) mass is 682 g/mol. The topological polar surface area (TPSA) is 119 Å². The van der Waals surface area contributed by atoms with Crippen molar-refractivity contribution in [2.45, 2.75) is 70.4 Å². The van der Waals surface area contributed by atoms with Crippen LogP contribution < -0.4 is 10.1 Å². The van der Waals surface area contributed by atoms with Crippen LogP contribution in [0, 0.1) is 23.5 Å². The maximum absolute atomic E-state index is 14.2. The van der Waals surface area contributed by atoms with E-state index in [2.05, 4.69) is 22.0 Å². The Balaban J connectivity index is 1.96. The molecule has 258 valence electrons. The zero-order chi connectivity index (χ0) is 35.3. The highest BCUT2D eigenvalue weighted by Crippen LogP contribution is 2.17. The molecule has 2 atom stereocenters. The van der Waals surface area contributed by atoms with E-state index in [-0.39, 0.29) is 47.0 Å². The van der Waals surface area contributed by atoms with Crippen molar-refractivity contribution in [3.8, 4) is 11.8 Å². The number of hydrazine groups is 1. The summed E-state index contributed by atoms with van der Waals surface area (Å²) in [5, 5.41) is 15.6. The number of carbonyl (C=O) groups excluding carboxylic acids is 2. The zero-order valence-electron chi connectivity index (χ0n) is 27.8. The Morgan fingerprint density at radius 2 is 1.48 bits per heavy atom. The maximum atomic E-state index is 14.2. The van der Waals surface area contributed by atoms with Gasteiger partial charge in [-0.15, -0.1) is 10.8 Å². The van der Waals surface area contributed by atoms with E-state index in [9.17, 15) is 31.9 Å². The van der Waals surface area contributed by atoms with Crippen LogP contribution in [0.25, 0.3) is 0 Å². The van der Waals surface area contributed by atoms with E-state index in [0.29, 0.717) is 31.1 Å². The molecule has 0 saturated heterocycles. The number of benzene rings is 3. The van der Waals surface area contributed by atoms with E-state index < -0.39 is 39.7 Å². The minimum atomic E-state index is -4.00. The summed E-state index contributed by atoms with van der Waals surface area (Å²) in [6.07, 6.45) is 0.434. The van der Waals surface area contributed by atoms with E-state index in [1.165, 1.54) is 29.3 Å². The SMILES string of the molecule is CC#Cc1cc(C(=O)NC(Cc2cc(F)cc(F)c2)C(O)CN(CCC)NS(=O)(=O)c2ccccc2)cc(C(=O)N(CCC)CCC)c1. The minimum Gasteiger partial charge on any atom is -0.390 e. The van der Waals surface area contributed by atoms with Crippen molar-refractivity contribution in [2.75, 3.05) is 26.2 Å². The molecule has 0 spiro atoms. The smallest absolute Gasteiger partial charge is 0.253 e. The minimum absolute atomic E-state index is 0.0255. The number of hydrogen-bond donors (Lipinski definition) is 3. The first-order valence-electron chi connectivity index (χ1n) is 16.0. The molecule has 3 aromatic carbocycles. The molecule has 3 aromatic rings. The summed E-state index contributed by atoms with van der Waals surface area (Å²) in [6.45, 7) is 8.43. The maximum Gasteiger partial charge on any atom is 0.253 e. The number of carbonyl (C=O) groups is 2. The highest BCUT2D eigenvalue weighted by atomic mass is 32.2. The lowest BCUT2D eigenvalue weighted by Crippen LogP contribution is -2.53. The predicted molar refractivity (Wildman–Crippen MR) is 181 cm³/mol. The third kappa shape index (κ3) is 11.2. The largest absolute Gasteiger partial charge is 0.390 e. The van der Waals surface area contributed by atoms with Crippen molar-refractivity contribution < 1.29 is 31.9 Å². The van der Waals surface area contributed by atoms with Crippen LogP contribution in [0.2, 0.25) is 0 Å². The van der Waals surface area contributed by atoms with Gasteiger partial charge in [0.05, 0.1) is 17.0 Å². The van der Waals surface area contributed by atoms with Crippen LogP contribution in [0.15, 0.2) is 71.6 Å². The lowest BCUT2D eigenvalue weighted by Gasteiger charge is -2.30. The van der Waals surface area contributed by atoms with Crippen molar-refractivity contribution in [1.29, 1.82) is 0 Å². The lowest BCUT2D eigenvalue weighted by molar-refractivity contribution is 0.0618. The average molecular weight is 683 g/mol. The molecule has 0 radical (unpaired) electrons. The van der Waals surface area contributed by atoms with Gasteiger partial charge in [-0.25, -0.2) is 22.2 Å². The Hall–Kier alpha value is -4.15. The van der Waals surface area contributed by atoms with Gasteiger partial charge in [0.15, 0.2) is 0 Å². The lowest BCUT2D eigenvalue weighted by atomic mass is 9.99. The Kier molecular flexibility index (Phi) is 14.7. The van der Waals surface area contributed by atoms with Crippen LogP contribution in [-0.4, -0.2) is 73.6 Å². The van der Waals surface area contributed by atoms with Crippen LogP contribution in [0.5, 0.6) is 0 Å². The zero-order valence-corrected chi connectivity index (χ0v) is 28.6. The summed E-state index contributed by atoms with van der Waals surface area (Å²) in [5.74, 6) is 3.12. The first kappa shape index (κ1) is 38.3. The van der Waals surface area contributed by atoms with Crippen LogP contribution in [0.4, 0.5) is 8.78 Å². The molecule has 9 nitrogen and oxygen atoms in total. The molecule has 0 saturated carbocycles. The van der Waals surface area contributed by atoms with Crippen molar-refractivity contribution in [3.63, 3.8) is 0 Å². The van der Waals surface area contributed by atoms with Gasteiger partial charge < -0.3 is 15.3 Å². The molecule has 0 aliphatic heterocycles. The third-order valence-corrected chi connectivity index (χ3v) is 8.74. The number of amides is 2. The molecular weight excluding hydrogens is 638 g/mol. The molecule has 0 heterocycles. The molecule has 0 aliphatic rings. The van der Waals surface area contributed by atoms with Crippen LogP contribution in [0.3, 0.4) is 0 Å². The number of sulfonamides is 1. The standard InChI is InChI=1S/C36H44F2N4O5S/c1-5-12-26-18-28(23-29(19-26)36(45)41(15-6-2)16-7-3)35(44)39-33(22-27-20-30(37)24-31(38)21-27)34(43)25-42(17-8-4)40-48(46,47)32-13-10-9-11-14-32/h9-11,13-14,18-21,23-24,33-34,40,43H,6-8,15-17,22,25H2,1-4H3,(H,39,44). The van der Waals surface area contributed by atoms with Crippen LogP contribution in [0.1, 0.15) is 78.8 Å². The van der Waals surface area contributed by atoms with E-state index in [1.807, 2.05) is 20.8 Å². The molecule has 3 rings (SSSR count). The van der Waals surface area contributed by atoms with Gasteiger partial charge >= 0.3 is 0 Å². The molecule has 2 amide bonds. The Bertz CT molecular complexity index is 1680. The second-order valence-electron chi connectivity index (χ2n) is 11.4. The van der Waals surface area contributed by atoms with Gasteiger partial charge in [-0.3, -0.25) is 9.59 Å². The number of nitrogens with one attached hydrogen (secondary N) is 2. The van der Waals surface area contributed by atoms with Crippen molar-refractivity contribution in [1.82, 2.24) is 20.1 Å². The quantitative estimate of drug-likeness (QED) is 0.138. The fraction of sp³-hybridized carbons (Fsp3) is 0.389. The summed E-state index contributed by atoms with van der Waals surface area (Å²) >= 11 is 0. The summed E-state index contributed by atoms with van der Waals surface area (Å²) in [4.78, 5) is 31.5. The Morgan fingerprint density at radius 3 is 2.06 bits per heavy atom. The highest BCUT2D eigenvalue weighted by molar-refractivity contribution is 7.89. The summed E-state index contributed by atoms with van der Waals surface area (Å²) in [5.41, 5.74) is 0.982. The van der Waals surface area contributed by atoms with Gasteiger partial charge in [-0.05, 0) is 80.6 Å². The molecule has 3 N–H and O–H groups in total. The van der Waals surface area contributed by atoms with Gasteiger partial charge in [-0.2, -0.15) is 0 Å². The molecule has 0 bridgehead atoms. The van der Waals surface area contributed by atoms with Crippen molar-refractivity contribution in [3.05, 3.63) is 101 Å². The predicted octanol–water partition coefficient (Wildman–Crippen LogP) is 4.91. The first-order valence-corrected chi connectivity index (χ1v) is 17.5. The van der Waals surface area contributed by atoms with Crippen LogP contribution in [-0.2, 0) is 16.4 Å². The van der Waals surface area contributed by atoms with Gasteiger partial charge in [0.2, 0.25) is 0 Å². The number of aliphatic hydroxyl groups is 1. The van der Waals surface area contributed by atoms with Gasteiger partial charge in [0.1, 0.15) is 11.6 Å². The van der Waals surface area contributed by atoms with Crippen LogP contribution >= 0.6 is 0 Å². The van der Waals surface area contributed by atoms with E-state index in [0.717, 1.165) is 25.0 Å². The molecule has 0 fully saturated rings. The number of halogens is 2.